The highest BCUT2D eigenvalue weighted by Crippen LogP contribution is 2.15. The Kier molecular flexibility index (Phi) is 2.98. The Morgan fingerprint density at radius 2 is 2.20 bits per heavy atom. The highest BCUT2D eigenvalue weighted by molar-refractivity contribution is 5.66. The summed E-state index contributed by atoms with van der Waals surface area (Å²) < 4.78 is 37.8. The topological polar surface area (TPSA) is 40.4 Å². The third-order valence-corrected chi connectivity index (χ3v) is 0.575. The molecule has 0 aromatic rings. The number of carbonyl (C=O) groups is 1. The van der Waals surface area contributed by atoms with Crippen LogP contribution < -0.4 is 5.32 Å². The van der Waals surface area contributed by atoms with Crippen LogP contribution >= 0.6 is 0 Å². The minimum absolute atomic E-state index is 0.969. The van der Waals surface area contributed by atoms with Gasteiger partial charge >= 0.3 is 12.2 Å². The smallest absolute Gasteiger partial charge is 0.381 e. The first-order valence-corrected chi connectivity index (χ1v) is 2.28. The first-order valence-electron chi connectivity index (χ1n) is 2.28. The summed E-state index contributed by atoms with van der Waals surface area (Å²) >= 11 is 0. The van der Waals surface area contributed by atoms with Crippen LogP contribution in [0.5, 0.6) is 0 Å². The van der Waals surface area contributed by atoms with Crippen molar-refractivity contribution in [3.05, 3.63) is 0 Å². The summed E-state index contributed by atoms with van der Waals surface area (Å²) in [4.78, 5) is 9.95. The van der Waals surface area contributed by atoms with Gasteiger partial charge in [0.2, 0.25) is 0 Å². The van der Waals surface area contributed by atoms with Crippen molar-refractivity contribution in [3.63, 3.8) is 0 Å². The molecule has 0 spiro atoms. The summed E-state index contributed by atoms with van der Waals surface area (Å²) in [6, 6.07) is 0. The molecule has 6 heteroatoms. The van der Waals surface area contributed by atoms with Crippen molar-refractivity contribution in [2.45, 2.75) is 6.11 Å². The van der Waals surface area contributed by atoms with Crippen LogP contribution in [0.25, 0.3) is 0 Å². The first kappa shape index (κ1) is 9.06. The number of ether oxygens (including phenoxy) is 1. The highest BCUT2D eigenvalue weighted by Gasteiger charge is 2.33. The number of amides is 1. The van der Waals surface area contributed by atoms with Crippen molar-refractivity contribution in [2.24, 2.45) is 0 Å². The second-order valence-corrected chi connectivity index (χ2v) is 1.36. The first-order chi connectivity index (χ1) is 4.52. The lowest BCUT2D eigenvalue weighted by Crippen LogP contribution is -2.29. The molecule has 0 N–H and O–H groups in total. The Morgan fingerprint density at radius 3 is 2.50 bits per heavy atom. The summed E-state index contributed by atoms with van der Waals surface area (Å²) in [5.41, 5.74) is 0. The van der Waals surface area contributed by atoms with E-state index < -0.39 is 18.9 Å². The van der Waals surface area contributed by atoms with Gasteiger partial charge in [-0.1, -0.05) is 0 Å². The van der Waals surface area contributed by atoms with Crippen molar-refractivity contribution in [1.82, 2.24) is 5.32 Å². The van der Waals surface area contributed by atoms with E-state index in [1.807, 2.05) is 0 Å². The second kappa shape index (κ2) is 3.28. The minimum Gasteiger partial charge on any atom is -0.381 e. The summed E-state index contributed by atoms with van der Waals surface area (Å²) in [5.74, 6) is 0. The van der Waals surface area contributed by atoms with Gasteiger partial charge in [0.25, 0.3) is 0 Å². The van der Waals surface area contributed by atoms with Crippen LogP contribution in [0.3, 0.4) is 0 Å². The molecule has 0 saturated heterocycles. The lowest BCUT2D eigenvalue weighted by molar-refractivity contribution is -0.207. The summed E-state index contributed by atoms with van der Waals surface area (Å²) in [6.45, 7) is -2.03. The lowest BCUT2D eigenvalue weighted by Gasteiger charge is -2.10. The van der Waals surface area contributed by atoms with Crippen LogP contribution in [0.1, 0.15) is 0 Å². The van der Waals surface area contributed by atoms with Gasteiger partial charge in [-0.3, -0.25) is 0 Å². The number of rotatable bonds is 2. The van der Waals surface area contributed by atoms with Gasteiger partial charge in [-0.25, -0.2) is 14.5 Å². The average Bonchev–Trinajstić information content (AvgIpc) is 1.87. The maximum atomic E-state index is 11.7. The summed E-state index contributed by atoms with van der Waals surface area (Å²) in [5, 5.41) is 2.71. The van der Waals surface area contributed by atoms with Crippen LogP contribution in [-0.4, -0.2) is 25.9 Å². The SMILES string of the molecule is C[N]C(=O)OC(F)(F)CF. The maximum Gasteiger partial charge on any atom is 0.433 e. The van der Waals surface area contributed by atoms with Gasteiger partial charge in [-0.2, -0.15) is 8.78 Å². The molecule has 0 bridgehead atoms. The molecule has 0 heterocycles. The molecular formula is C4H5F3NO2. The van der Waals surface area contributed by atoms with Crippen molar-refractivity contribution in [1.29, 1.82) is 0 Å². The van der Waals surface area contributed by atoms with Crippen LogP contribution in [0.15, 0.2) is 0 Å². The van der Waals surface area contributed by atoms with Crippen molar-refractivity contribution < 1.29 is 22.7 Å². The molecule has 3 nitrogen and oxygen atoms in total. The van der Waals surface area contributed by atoms with E-state index in [4.69, 9.17) is 0 Å². The largest absolute Gasteiger partial charge is 0.433 e. The second-order valence-electron chi connectivity index (χ2n) is 1.36. The molecule has 0 aliphatic heterocycles. The normalized spacial score (nSPS) is 10.8. The Balaban J connectivity index is 3.76. The molecule has 0 saturated carbocycles. The fourth-order valence-corrected chi connectivity index (χ4v) is 0.201. The fourth-order valence-electron chi connectivity index (χ4n) is 0.201. The number of alkyl halides is 3. The zero-order valence-electron chi connectivity index (χ0n) is 5.10. The van der Waals surface area contributed by atoms with E-state index in [2.05, 4.69) is 10.1 Å². The molecule has 0 aliphatic carbocycles. The number of nitrogens with zero attached hydrogens (tertiary/aromatic N) is 1. The van der Waals surface area contributed by atoms with Gasteiger partial charge < -0.3 is 4.74 Å². The van der Waals surface area contributed by atoms with E-state index in [-0.39, 0.29) is 0 Å². The fraction of sp³-hybridized carbons (Fsp3) is 0.750. The minimum atomic E-state index is -4.05. The molecule has 1 radical (unpaired) electrons. The summed E-state index contributed by atoms with van der Waals surface area (Å²) in [6.07, 6.45) is -5.53. The Bertz CT molecular complexity index is 128. The molecule has 0 rings (SSSR count). The van der Waals surface area contributed by atoms with E-state index in [0.29, 0.717) is 0 Å². The van der Waals surface area contributed by atoms with E-state index in [9.17, 15) is 18.0 Å². The molecule has 59 valence electrons. The molecule has 10 heavy (non-hydrogen) atoms. The van der Waals surface area contributed by atoms with Crippen LogP contribution in [0.4, 0.5) is 18.0 Å². The monoisotopic (exact) mass is 156 g/mol. The van der Waals surface area contributed by atoms with Gasteiger partial charge in [0.15, 0.2) is 6.67 Å². The predicted octanol–water partition coefficient (Wildman–Crippen LogP) is 0.920. The van der Waals surface area contributed by atoms with Crippen molar-refractivity contribution >= 4 is 6.09 Å². The molecule has 0 atom stereocenters. The Morgan fingerprint density at radius 1 is 1.70 bits per heavy atom. The van der Waals surface area contributed by atoms with Gasteiger partial charge in [-0.15, -0.1) is 0 Å². The lowest BCUT2D eigenvalue weighted by atomic mass is 10.7. The van der Waals surface area contributed by atoms with Crippen molar-refractivity contribution in [3.8, 4) is 0 Å². The van der Waals surface area contributed by atoms with Gasteiger partial charge in [-0.05, 0) is 0 Å². The molecule has 0 aromatic carbocycles. The van der Waals surface area contributed by atoms with E-state index >= 15 is 0 Å². The Hall–Kier alpha value is -0.940. The average molecular weight is 156 g/mol. The molecule has 0 aliphatic rings. The standard InChI is InChI=1S/C4H5F3NO2/c1-8-3(9)10-4(6,7)2-5/h2H2,1H3. The zero-order valence-corrected chi connectivity index (χ0v) is 5.10. The number of hydrogen-bond acceptors (Lipinski definition) is 2. The van der Waals surface area contributed by atoms with E-state index in [0.717, 1.165) is 7.05 Å². The quantitative estimate of drug-likeness (QED) is 0.596. The molecule has 0 fully saturated rings. The number of hydrogen-bond donors (Lipinski definition) is 0. The highest BCUT2D eigenvalue weighted by atomic mass is 19.3. The molecular weight excluding hydrogens is 151 g/mol. The Labute approximate surface area is 55.2 Å². The van der Waals surface area contributed by atoms with Gasteiger partial charge in [0, 0.05) is 7.05 Å². The maximum absolute atomic E-state index is 11.7. The zero-order chi connectivity index (χ0) is 8.20. The number of carbonyl (C=O) groups excluding carboxylic acids is 1. The molecule has 1 amide bonds. The molecule has 0 unspecified atom stereocenters. The third-order valence-electron chi connectivity index (χ3n) is 0.575. The summed E-state index contributed by atoms with van der Waals surface area (Å²) in [7, 11) is 0.969. The van der Waals surface area contributed by atoms with Crippen LogP contribution in [0, 0.1) is 0 Å². The van der Waals surface area contributed by atoms with Gasteiger partial charge in [0.1, 0.15) is 0 Å². The van der Waals surface area contributed by atoms with Crippen molar-refractivity contribution in [2.75, 3.05) is 13.7 Å². The van der Waals surface area contributed by atoms with E-state index in [1.54, 1.807) is 0 Å². The van der Waals surface area contributed by atoms with Crippen LogP contribution in [-0.2, 0) is 4.74 Å². The molecule has 0 aromatic heterocycles. The van der Waals surface area contributed by atoms with Crippen LogP contribution in [0.2, 0.25) is 0 Å². The van der Waals surface area contributed by atoms with Gasteiger partial charge in [0.05, 0.1) is 0 Å². The third kappa shape index (κ3) is 3.16. The number of halogens is 3. The predicted molar refractivity (Wildman–Crippen MR) is 25.5 cm³/mol. The van der Waals surface area contributed by atoms with E-state index in [1.165, 1.54) is 0 Å².